The summed E-state index contributed by atoms with van der Waals surface area (Å²) in [4.78, 5) is 12.0. The average molecular weight is 300 g/mol. The third-order valence-corrected chi connectivity index (χ3v) is 3.16. The summed E-state index contributed by atoms with van der Waals surface area (Å²) in [6.45, 7) is 3.82. The lowest BCUT2D eigenvalue weighted by Gasteiger charge is -2.16. The molecule has 1 saturated carbocycles. The van der Waals surface area contributed by atoms with E-state index in [0.29, 0.717) is 17.1 Å². The van der Waals surface area contributed by atoms with Crippen molar-refractivity contribution in [3.8, 4) is 17.6 Å². The minimum absolute atomic E-state index is 0.0470. The second-order valence-electron chi connectivity index (χ2n) is 5.46. The lowest BCUT2D eigenvalue weighted by atomic mass is 10.1. The molecule has 116 valence electrons. The quantitative estimate of drug-likeness (QED) is 0.647. The second-order valence-corrected chi connectivity index (χ2v) is 5.46. The van der Waals surface area contributed by atoms with E-state index in [1.165, 1.54) is 6.08 Å². The number of ether oxygens (including phenoxy) is 2. The van der Waals surface area contributed by atoms with E-state index in [9.17, 15) is 10.1 Å². The molecule has 0 radical (unpaired) electrons. The number of amides is 1. The molecule has 1 aromatic rings. The number of carbonyl (C=O) groups is 1. The van der Waals surface area contributed by atoms with Crippen molar-refractivity contribution in [3.05, 3.63) is 29.3 Å². The monoisotopic (exact) mass is 300 g/mol. The Morgan fingerprint density at radius 1 is 1.45 bits per heavy atom. The molecule has 1 aliphatic carbocycles. The van der Waals surface area contributed by atoms with E-state index >= 15 is 0 Å². The Balaban J connectivity index is 2.34. The van der Waals surface area contributed by atoms with Gasteiger partial charge in [-0.05, 0) is 38.8 Å². The maximum absolute atomic E-state index is 12.0. The number of hydrogen-bond donors (Lipinski definition) is 1. The SMILES string of the molecule is COc1cccc(/C=C(\C#N)C(=O)NC2CC2)c1OC(C)C. The van der Waals surface area contributed by atoms with E-state index in [0.717, 1.165) is 12.8 Å². The third-order valence-electron chi connectivity index (χ3n) is 3.16. The van der Waals surface area contributed by atoms with Crippen LogP contribution in [0.3, 0.4) is 0 Å². The van der Waals surface area contributed by atoms with Gasteiger partial charge in [0.25, 0.3) is 5.91 Å². The summed E-state index contributed by atoms with van der Waals surface area (Å²) in [6, 6.07) is 7.54. The highest BCUT2D eigenvalue weighted by Crippen LogP contribution is 2.33. The van der Waals surface area contributed by atoms with Crippen molar-refractivity contribution in [2.24, 2.45) is 0 Å². The molecular weight excluding hydrogens is 280 g/mol. The summed E-state index contributed by atoms with van der Waals surface area (Å²) < 4.78 is 11.1. The molecule has 0 spiro atoms. The van der Waals surface area contributed by atoms with E-state index < -0.39 is 0 Å². The van der Waals surface area contributed by atoms with Gasteiger partial charge in [0, 0.05) is 11.6 Å². The van der Waals surface area contributed by atoms with Crippen molar-refractivity contribution in [1.29, 1.82) is 5.26 Å². The van der Waals surface area contributed by atoms with E-state index in [2.05, 4.69) is 5.32 Å². The minimum atomic E-state index is -0.344. The number of methoxy groups -OCH3 is 1. The van der Waals surface area contributed by atoms with Gasteiger partial charge in [-0.15, -0.1) is 0 Å². The first kappa shape index (κ1) is 15.9. The van der Waals surface area contributed by atoms with Gasteiger partial charge in [-0.1, -0.05) is 12.1 Å². The van der Waals surface area contributed by atoms with Crippen molar-refractivity contribution >= 4 is 12.0 Å². The predicted octanol–water partition coefficient (Wildman–Crippen LogP) is 2.67. The number of para-hydroxylation sites is 1. The molecule has 1 amide bonds. The zero-order valence-corrected chi connectivity index (χ0v) is 13.1. The van der Waals surface area contributed by atoms with Crippen molar-refractivity contribution in [1.82, 2.24) is 5.32 Å². The molecule has 0 heterocycles. The summed E-state index contributed by atoms with van der Waals surface area (Å²) in [6.07, 6.45) is 3.45. The molecule has 5 nitrogen and oxygen atoms in total. The van der Waals surface area contributed by atoms with Crippen LogP contribution in [-0.2, 0) is 4.79 Å². The van der Waals surface area contributed by atoms with Gasteiger partial charge in [0.05, 0.1) is 13.2 Å². The summed E-state index contributed by atoms with van der Waals surface area (Å²) in [5.41, 5.74) is 0.712. The van der Waals surface area contributed by atoms with Crippen LogP contribution in [-0.4, -0.2) is 25.2 Å². The van der Waals surface area contributed by atoms with Crippen molar-refractivity contribution in [2.45, 2.75) is 38.8 Å². The number of carbonyl (C=O) groups excluding carboxylic acids is 1. The van der Waals surface area contributed by atoms with Crippen LogP contribution in [0.15, 0.2) is 23.8 Å². The van der Waals surface area contributed by atoms with Gasteiger partial charge in [-0.2, -0.15) is 5.26 Å². The highest BCUT2D eigenvalue weighted by molar-refractivity contribution is 6.02. The number of nitrogens with zero attached hydrogens (tertiary/aromatic N) is 1. The van der Waals surface area contributed by atoms with Gasteiger partial charge < -0.3 is 14.8 Å². The van der Waals surface area contributed by atoms with Crippen LogP contribution in [0.2, 0.25) is 0 Å². The number of benzene rings is 1. The van der Waals surface area contributed by atoms with Crippen LogP contribution < -0.4 is 14.8 Å². The fourth-order valence-electron chi connectivity index (χ4n) is 1.96. The molecule has 0 saturated heterocycles. The molecule has 1 fully saturated rings. The van der Waals surface area contributed by atoms with Gasteiger partial charge in [-0.3, -0.25) is 4.79 Å². The van der Waals surface area contributed by atoms with Crippen molar-refractivity contribution < 1.29 is 14.3 Å². The molecule has 0 aliphatic heterocycles. The number of hydrogen-bond acceptors (Lipinski definition) is 4. The maximum atomic E-state index is 12.0. The number of rotatable bonds is 6. The molecule has 22 heavy (non-hydrogen) atoms. The molecule has 0 aromatic heterocycles. The standard InChI is InChI=1S/C17H20N2O3/c1-11(2)22-16-12(5-4-6-15(16)21-3)9-13(10-18)17(20)19-14-7-8-14/h4-6,9,11,14H,7-8H2,1-3H3,(H,19,20)/b13-9+. The Hall–Kier alpha value is -2.48. The largest absolute Gasteiger partial charge is 0.493 e. The Morgan fingerprint density at radius 3 is 2.73 bits per heavy atom. The van der Waals surface area contributed by atoms with Crippen LogP contribution in [0.1, 0.15) is 32.3 Å². The minimum Gasteiger partial charge on any atom is -0.493 e. The first-order valence-electron chi connectivity index (χ1n) is 7.31. The van der Waals surface area contributed by atoms with Gasteiger partial charge in [0.1, 0.15) is 11.6 Å². The lowest BCUT2D eigenvalue weighted by Crippen LogP contribution is -2.26. The highest BCUT2D eigenvalue weighted by atomic mass is 16.5. The summed E-state index contributed by atoms with van der Waals surface area (Å²) in [7, 11) is 1.56. The highest BCUT2D eigenvalue weighted by Gasteiger charge is 2.25. The molecule has 0 bridgehead atoms. The van der Waals surface area contributed by atoms with Crippen LogP contribution >= 0.6 is 0 Å². The lowest BCUT2D eigenvalue weighted by molar-refractivity contribution is -0.117. The topological polar surface area (TPSA) is 71.3 Å². The third kappa shape index (κ3) is 4.01. The molecule has 1 aromatic carbocycles. The zero-order chi connectivity index (χ0) is 16.1. The molecular formula is C17H20N2O3. The molecule has 0 atom stereocenters. The molecule has 0 unspecified atom stereocenters. The van der Waals surface area contributed by atoms with Gasteiger partial charge in [0.15, 0.2) is 11.5 Å². The molecule has 1 N–H and O–H groups in total. The van der Waals surface area contributed by atoms with Crippen LogP contribution in [0, 0.1) is 11.3 Å². The normalized spacial score (nSPS) is 14.4. The Kier molecular flexibility index (Phi) is 5.05. The fourth-order valence-corrected chi connectivity index (χ4v) is 1.96. The van der Waals surface area contributed by atoms with E-state index in [-0.39, 0.29) is 23.6 Å². The van der Waals surface area contributed by atoms with Gasteiger partial charge in [-0.25, -0.2) is 0 Å². The van der Waals surface area contributed by atoms with Gasteiger partial charge >= 0.3 is 0 Å². The first-order chi connectivity index (χ1) is 10.5. The average Bonchev–Trinajstić information content (AvgIpc) is 3.29. The first-order valence-corrected chi connectivity index (χ1v) is 7.31. The Labute approximate surface area is 130 Å². The van der Waals surface area contributed by atoms with Crippen LogP contribution in [0.4, 0.5) is 0 Å². The smallest absolute Gasteiger partial charge is 0.262 e. The number of nitrogens with one attached hydrogen (secondary N) is 1. The summed E-state index contributed by atoms with van der Waals surface area (Å²) >= 11 is 0. The predicted molar refractivity (Wildman–Crippen MR) is 83.5 cm³/mol. The Bertz CT molecular complexity index is 625. The van der Waals surface area contributed by atoms with Crippen molar-refractivity contribution in [2.75, 3.05) is 7.11 Å². The second kappa shape index (κ2) is 6.99. The van der Waals surface area contributed by atoms with Crippen molar-refractivity contribution in [3.63, 3.8) is 0 Å². The van der Waals surface area contributed by atoms with Crippen LogP contribution in [0.25, 0.3) is 6.08 Å². The van der Waals surface area contributed by atoms with E-state index in [1.807, 2.05) is 19.9 Å². The Morgan fingerprint density at radius 2 is 2.18 bits per heavy atom. The molecule has 1 aliphatic rings. The zero-order valence-electron chi connectivity index (χ0n) is 13.1. The summed E-state index contributed by atoms with van der Waals surface area (Å²) in [5, 5.41) is 12.1. The number of nitriles is 1. The van der Waals surface area contributed by atoms with E-state index in [4.69, 9.17) is 9.47 Å². The fraction of sp³-hybridized carbons (Fsp3) is 0.412. The van der Waals surface area contributed by atoms with Gasteiger partial charge in [0.2, 0.25) is 0 Å². The van der Waals surface area contributed by atoms with E-state index in [1.54, 1.807) is 25.3 Å². The van der Waals surface area contributed by atoms with Crippen LogP contribution in [0.5, 0.6) is 11.5 Å². The summed E-state index contributed by atoms with van der Waals surface area (Å²) in [5.74, 6) is 0.762. The maximum Gasteiger partial charge on any atom is 0.262 e. The molecule has 5 heteroatoms. The molecule has 2 rings (SSSR count).